The minimum Gasteiger partial charge on any atom is -0.497 e. The predicted octanol–water partition coefficient (Wildman–Crippen LogP) is 5.77. The Bertz CT molecular complexity index is 1740. The van der Waals surface area contributed by atoms with Gasteiger partial charge in [-0.3, -0.25) is 0 Å². The van der Waals surface area contributed by atoms with Crippen LogP contribution in [0.3, 0.4) is 0 Å². The normalized spacial score (nSPS) is 18.8. The summed E-state index contributed by atoms with van der Waals surface area (Å²) in [5, 5.41) is -1.07. The largest absolute Gasteiger partial charge is 0.497 e. The highest BCUT2D eigenvalue weighted by atomic mass is 32.2. The molecule has 4 aromatic carbocycles. The van der Waals surface area contributed by atoms with E-state index in [0.717, 1.165) is 16.7 Å². The highest BCUT2D eigenvalue weighted by Gasteiger charge is 2.46. The number of hydrogen-bond acceptors (Lipinski definition) is 6. The van der Waals surface area contributed by atoms with Gasteiger partial charge >= 0.3 is 0 Å². The molecular weight excluding hydrogens is 583 g/mol. The number of nitrogens with zero attached hydrogens (tertiary/aromatic N) is 1. The summed E-state index contributed by atoms with van der Waals surface area (Å²) in [5.41, 5.74) is 2.62. The van der Waals surface area contributed by atoms with E-state index in [1.807, 2.05) is 61.5 Å². The number of sulfonamides is 1. The Morgan fingerprint density at radius 3 is 2.09 bits per heavy atom. The van der Waals surface area contributed by atoms with Gasteiger partial charge in [0, 0.05) is 12.0 Å². The average molecular weight is 618 g/mol. The lowest BCUT2D eigenvalue weighted by molar-refractivity contribution is -0.0374. The molecule has 224 valence electrons. The average Bonchev–Trinajstić information content (AvgIpc) is 3.03. The molecule has 1 fully saturated rings. The molecule has 9 heteroatoms. The maximum atomic E-state index is 14.3. The molecule has 7 nitrogen and oxygen atoms in total. The van der Waals surface area contributed by atoms with Crippen LogP contribution in [0.4, 0.5) is 0 Å². The first kappa shape index (κ1) is 30.7. The van der Waals surface area contributed by atoms with Crippen LogP contribution in [0.15, 0.2) is 125 Å². The minimum absolute atomic E-state index is 0.0661. The van der Waals surface area contributed by atoms with Crippen LogP contribution in [-0.4, -0.2) is 52.9 Å². The third kappa shape index (κ3) is 6.91. The van der Waals surface area contributed by atoms with Crippen molar-refractivity contribution in [3.8, 4) is 5.75 Å². The molecule has 1 saturated heterocycles. The van der Waals surface area contributed by atoms with E-state index in [1.165, 1.54) is 4.31 Å². The first-order valence-electron chi connectivity index (χ1n) is 14.0. The van der Waals surface area contributed by atoms with E-state index in [0.29, 0.717) is 5.75 Å². The second-order valence-electron chi connectivity index (χ2n) is 10.6. The molecule has 1 heterocycles. The quantitative estimate of drug-likeness (QED) is 0.225. The van der Waals surface area contributed by atoms with Gasteiger partial charge in [-0.05, 0) is 60.9 Å². The molecule has 0 aliphatic carbocycles. The number of methoxy groups -OCH3 is 1. The first-order valence-corrected chi connectivity index (χ1v) is 17.0. The molecule has 4 aromatic rings. The molecule has 0 N–H and O–H groups in total. The lowest BCUT2D eigenvalue weighted by atomic mass is 9.89. The molecule has 1 aliphatic rings. The third-order valence-electron chi connectivity index (χ3n) is 7.75. The molecule has 0 bridgehead atoms. The summed E-state index contributed by atoms with van der Waals surface area (Å²) in [6, 6.07) is 31.0. The fraction of sp³-hybridized carbons (Fsp3) is 0.235. The van der Waals surface area contributed by atoms with Gasteiger partial charge in [-0.25, -0.2) is 16.8 Å². The molecular formula is C34H35NO6S2. The van der Waals surface area contributed by atoms with Gasteiger partial charge in [0.25, 0.3) is 0 Å². The van der Waals surface area contributed by atoms with E-state index < -0.39 is 37.1 Å². The van der Waals surface area contributed by atoms with E-state index >= 15 is 0 Å². The third-order valence-corrected chi connectivity index (χ3v) is 11.8. The number of rotatable bonds is 10. The SMILES string of the molecule is COc1ccc(C[C@H]2[C@H]([C@@H](/C=C/c3ccccc3)S(=O)(=O)c3ccccc3)COCN2S(=O)(=O)c2ccc(C)cc2)cc1. The Morgan fingerprint density at radius 2 is 1.47 bits per heavy atom. The highest BCUT2D eigenvalue weighted by molar-refractivity contribution is 7.92. The zero-order valence-electron chi connectivity index (χ0n) is 24.1. The van der Waals surface area contributed by atoms with Gasteiger partial charge in [-0.1, -0.05) is 90.5 Å². The van der Waals surface area contributed by atoms with Gasteiger partial charge in [0.1, 0.15) is 12.5 Å². The van der Waals surface area contributed by atoms with Crippen molar-refractivity contribution in [3.63, 3.8) is 0 Å². The van der Waals surface area contributed by atoms with Crippen LogP contribution in [0, 0.1) is 12.8 Å². The van der Waals surface area contributed by atoms with Crippen LogP contribution in [0.1, 0.15) is 16.7 Å². The van der Waals surface area contributed by atoms with E-state index in [1.54, 1.807) is 73.9 Å². The van der Waals surface area contributed by atoms with Crippen LogP contribution >= 0.6 is 0 Å². The van der Waals surface area contributed by atoms with Crippen molar-refractivity contribution in [3.05, 3.63) is 132 Å². The van der Waals surface area contributed by atoms with Gasteiger partial charge in [-0.2, -0.15) is 4.31 Å². The van der Waals surface area contributed by atoms with E-state index in [2.05, 4.69) is 0 Å². The highest BCUT2D eigenvalue weighted by Crippen LogP contribution is 2.35. The first-order chi connectivity index (χ1) is 20.7. The lowest BCUT2D eigenvalue weighted by Gasteiger charge is -2.42. The van der Waals surface area contributed by atoms with E-state index in [4.69, 9.17) is 9.47 Å². The predicted molar refractivity (Wildman–Crippen MR) is 168 cm³/mol. The van der Waals surface area contributed by atoms with Crippen molar-refractivity contribution >= 4 is 25.9 Å². The molecule has 0 radical (unpaired) electrons. The maximum Gasteiger partial charge on any atom is 0.245 e. The van der Waals surface area contributed by atoms with Crippen LogP contribution in [0.5, 0.6) is 5.75 Å². The standard InChI is InChI=1S/C34H35NO6S2/c1-26-13-20-31(21-14-26)43(38,39)35-25-41-24-32(33(35)23-28-15-18-29(40-2)19-16-28)34(22-17-27-9-5-3-6-10-27)42(36,37)30-11-7-4-8-12-30/h3-22,32-34H,23-25H2,1-2H3/b22-17+/t32-,33+,34-/m1/s1. The number of sulfone groups is 1. The van der Waals surface area contributed by atoms with Gasteiger partial charge in [-0.15, -0.1) is 0 Å². The van der Waals surface area contributed by atoms with Crippen LogP contribution in [-0.2, 0) is 31.0 Å². The summed E-state index contributed by atoms with van der Waals surface area (Å²) < 4.78 is 69.4. The molecule has 3 atom stereocenters. The summed E-state index contributed by atoms with van der Waals surface area (Å²) in [5.74, 6) is -0.0482. The van der Waals surface area contributed by atoms with E-state index in [9.17, 15) is 16.8 Å². The van der Waals surface area contributed by atoms with E-state index in [-0.39, 0.29) is 29.5 Å². The van der Waals surface area contributed by atoms with Crippen LogP contribution in [0.2, 0.25) is 0 Å². The second-order valence-corrected chi connectivity index (χ2v) is 14.6. The lowest BCUT2D eigenvalue weighted by Crippen LogP contribution is -2.56. The molecule has 0 spiro atoms. The fourth-order valence-electron chi connectivity index (χ4n) is 5.38. The Morgan fingerprint density at radius 1 is 0.837 bits per heavy atom. The monoisotopic (exact) mass is 617 g/mol. The Labute approximate surface area is 254 Å². The van der Waals surface area contributed by atoms with Crippen molar-refractivity contribution in [1.82, 2.24) is 4.31 Å². The van der Waals surface area contributed by atoms with Gasteiger partial charge in [0.05, 0.1) is 28.8 Å². The van der Waals surface area contributed by atoms with Gasteiger partial charge in [0.2, 0.25) is 10.0 Å². The summed E-state index contributed by atoms with van der Waals surface area (Å²) in [7, 11) is -6.41. The summed E-state index contributed by atoms with van der Waals surface area (Å²) >= 11 is 0. The molecule has 0 saturated carbocycles. The molecule has 5 rings (SSSR count). The molecule has 0 unspecified atom stereocenters. The zero-order valence-corrected chi connectivity index (χ0v) is 25.7. The Balaban J connectivity index is 1.63. The number of ether oxygens (including phenoxy) is 2. The van der Waals surface area contributed by atoms with Crippen LogP contribution < -0.4 is 4.74 Å². The minimum atomic E-state index is -4.04. The van der Waals surface area contributed by atoms with Crippen molar-refractivity contribution in [2.24, 2.45) is 5.92 Å². The fourth-order valence-corrected chi connectivity index (χ4v) is 8.78. The number of aryl methyl sites for hydroxylation is 1. The summed E-state index contributed by atoms with van der Waals surface area (Å²) in [6.45, 7) is 1.77. The number of benzene rings is 4. The molecule has 0 aromatic heterocycles. The maximum absolute atomic E-state index is 14.3. The Kier molecular flexibility index (Phi) is 9.46. The molecule has 43 heavy (non-hydrogen) atoms. The molecule has 0 amide bonds. The van der Waals surface area contributed by atoms with Crippen molar-refractivity contribution in [2.45, 2.75) is 34.4 Å². The Hall–Kier alpha value is -3.76. The van der Waals surface area contributed by atoms with Crippen molar-refractivity contribution in [2.75, 3.05) is 20.4 Å². The zero-order chi connectivity index (χ0) is 30.5. The van der Waals surface area contributed by atoms with Crippen molar-refractivity contribution in [1.29, 1.82) is 0 Å². The second kappa shape index (κ2) is 13.3. The summed E-state index contributed by atoms with van der Waals surface area (Å²) in [6.07, 6.45) is 3.74. The van der Waals surface area contributed by atoms with Crippen LogP contribution in [0.25, 0.3) is 6.08 Å². The number of hydrogen-bond donors (Lipinski definition) is 0. The smallest absolute Gasteiger partial charge is 0.245 e. The molecule has 1 aliphatic heterocycles. The van der Waals surface area contributed by atoms with Crippen molar-refractivity contribution < 1.29 is 26.3 Å². The van der Waals surface area contributed by atoms with Gasteiger partial charge in [0.15, 0.2) is 9.84 Å². The summed E-state index contributed by atoms with van der Waals surface area (Å²) in [4.78, 5) is 0.295. The van der Waals surface area contributed by atoms with Gasteiger partial charge < -0.3 is 9.47 Å². The topological polar surface area (TPSA) is 90.0 Å².